The van der Waals surface area contributed by atoms with Crippen LogP contribution in [0.5, 0.6) is 23.0 Å². The van der Waals surface area contributed by atoms with Crippen LogP contribution in [0.1, 0.15) is 15.9 Å². The number of methoxy groups -OCH3 is 2. The molecular weight excluding hydrogens is 340 g/mol. The Morgan fingerprint density at radius 2 is 1.73 bits per heavy atom. The molecule has 0 saturated heterocycles. The van der Waals surface area contributed by atoms with Crippen molar-refractivity contribution in [1.29, 1.82) is 0 Å². The van der Waals surface area contributed by atoms with Crippen molar-refractivity contribution < 1.29 is 34.0 Å². The third-order valence-electron chi connectivity index (χ3n) is 3.43. The second-order valence-corrected chi connectivity index (χ2v) is 5.18. The molecule has 0 spiro atoms. The van der Waals surface area contributed by atoms with E-state index in [0.717, 1.165) is 0 Å². The van der Waals surface area contributed by atoms with E-state index >= 15 is 0 Å². The third kappa shape index (κ3) is 4.76. The first-order valence-corrected chi connectivity index (χ1v) is 7.56. The quantitative estimate of drug-likeness (QED) is 0.552. The summed E-state index contributed by atoms with van der Waals surface area (Å²) in [5.74, 6) is -0.575. The molecule has 0 unspecified atom stereocenters. The van der Waals surface area contributed by atoms with E-state index in [4.69, 9.17) is 19.3 Å². The first-order chi connectivity index (χ1) is 12.4. The van der Waals surface area contributed by atoms with E-state index in [-0.39, 0.29) is 23.0 Å². The highest BCUT2D eigenvalue weighted by Crippen LogP contribution is 2.29. The van der Waals surface area contributed by atoms with Gasteiger partial charge in [-0.1, -0.05) is 12.1 Å². The van der Waals surface area contributed by atoms with Gasteiger partial charge < -0.3 is 24.4 Å². The van der Waals surface area contributed by atoms with Crippen LogP contribution in [0.3, 0.4) is 0 Å². The van der Waals surface area contributed by atoms with Crippen molar-refractivity contribution in [3.63, 3.8) is 0 Å². The number of aliphatic carboxylic acids is 1. The van der Waals surface area contributed by atoms with Gasteiger partial charge in [-0.3, -0.25) is 4.79 Å². The molecule has 0 fully saturated rings. The number of carboxylic acid groups (broad SMARTS) is 1. The number of rotatable bonds is 8. The highest BCUT2D eigenvalue weighted by atomic mass is 16.5. The van der Waals surface area contributed by atoms with Crippen molar-refractivity contribution in [2.24, 2.45) is 0 Å². The van der Waals surface area contributed by atoms with Gasteiger partial charge in [0.05, 0.1) is 14.2 Å². The average Bonchev–Trinajstić information content (AvgIpc) is 2.65. The molecule has 0 aliphatic heterocycles. The molecular formula is C19H18O7. The van der Waals surface area contributed by atoms with Crippen LogP contribution >= 0.6 is 0 Å². The summed E-state index contributed by atoms with van der Waals surface area (Å²) in [6.45, 7) is -0.508. The Morgan fingerprint density at radius 1 is 1.00 bits per heavy atom. The molecule has 7 heteroatoms. The molecule has 2 aromatic rings. The Morgan fingerprint density at radius 3 is 2.38 bits per heavy atom. The minimum absolute atomic E-state index is 0.0117. The van der Waals surface area contributed by atoms with Crippen LogP contribution in [0.4, 0.5) is 0 Å². The van der Waals surface area contributed by atoms with E-state index in [1.165, 1.54) is 44.6 Å². The van der Waals surface area contributed by atoms with Crippen molar-refractivity contribution in [2.45, 2.75) is 0 Å². The summed E-state index contributed by atoms with van der Waals surface area (Å²) in [7, 11) is 2.84. The zero-order chi connectivity index (χ0) is 19.1. The first kappa shape index (κ1) is 18.9. The number of hydrogen-bond donors (Lipinski definition) is 2. The van der Waals surface area contributed by atoms with Gasteiger partial charge in [-0.25, -0.2) is 4.79 Å². The molecule has 0 atom stereocenters. The van der Waals surface area contributed by atoms with Gasteiger partial charge in [-0.05, 0) is 42.0 Å². The maximum atomic E-state index is 12.3. The van der Waals surface area contributed by atoms with Crippen molar-refractivity contribution >= 4 is 17.8 Å². The number of benzene rings is 2. The molecule has 0 aliphatic rings. The SMILES string of the molecule is COc1cc(/C=C/C(=O)c2ccc(OCC(=O)O)c(OC)c2)ccc1O. The molecule has 136 valence electrons. The van der Waals surface area contributed by atoms with Gasteiger partial charge >= 0.3 is 5.97 Å². The molecule has 0 saturated carbocycles. The van der Waals surface area contributed by atoms with E-state index in [2.05, 4.69) is 0 Å². The fraction of sp³-hybridized carbons (Fsp3) is 0.158. The van der Waals surface area contributed by atoms with Crippen LogP contribution in [0.25, 0.3) is 6.08 Å². The van der Waals surface area contributed by atoms with Gasteiger partial charge in [0.1, 0.15) is 0 Å². The number of phenols is 1. The van der Waals surface area contributed by atoms with Crippen LogP contribution in [0, 0.1) is 0 Å². The Hall–Kier alpha value is -3.48. The Kier molecular flexibility index (Phi) is 6.21. The number of aromatic hydroxyl groups is 1. The zero-order valence-electron chi connectivity index (χ0n) is 14.3. The van der Waals surface area contributed by atoms with E-state index in [0.29, 0.717) is 16.9 Å². The number of ketones is 1. The third-order valence-corrected chi connectivity index (χ3v) is 3.43. The number of allylic oxidation sites excluding steroid dienone is 1. The van der Waals surface area contributed by atoms with E-state index in [1.807, 2.05) is 0 Å². The Bertz CT molecular complexity index is 840. The molecule has 0 bridgehead atoms. The lowest BCUT2D eigenvalue weighted by Crippen LogP contribution is -2.10. The minimum atomic E-state index is -1.11. The summed E-state index contributed by atoms with van der Waals surface area (Å²) in [5.41, 5.74) is 1.04. The lowest BCUT2D eigenvalue weighted by atomic mass is 10.1. The van der Waals surface area contributed by atoms with Gasteiger partial charge in [-0.15, -0.1) is 0 Å². The summed E-state index contributed by atoms with van der Waals surface area (Å²) in [4.78, 5) is 22.9. The number of ether oxygens (including phenoxy) is 3. The number of carbonyl (C=O) groups is 2. The normalized spacial score (nSPS) is 10.5. The maximum Gasteiger partial charge on any atom is 0.341 e. The minimum Gasteiger partial charge on any atom is -0.504 e. The molecule has 7 nitrogen and oxygen atoms in total. The molecule has 0 aliphatic carbocycles. The van der Waals surface area contributed by atoms with E-state index in [9.17, 15) is 14.7 Å². The van der Waals surface area contributed by atoms with Crippen LogP contribution in [-0.4, -0.2) is 42.8 Å². The summed E-state index contributed by atoms with van der Waals surface area (Å²) in [5, 5.41) is 18.2. The Labute approximate surface area is 150 Å². The first-order valence-electron chi connectivity index (χ1n) is 7.56. The molecule has 0 aromatic heterocycles. The van der Waals surface area contributed by atoms with Crippen LogP contribution in [-0.2, 0) is 4.79 Å². The highest BCUT2D eigenvalue weighted by molar-refractivity contribution is 6.07. The topological polar surface area (TPSA) is 102 Å². The van der Waals surface area contributed by atoms with E-state index < -0.39 is 12.6 Å². The lowest BCUT2D eigenvalue weighted by Gasteiger charge is -2.10. The van der Waals surface area contributed by atoms with Crippen LogP contribution in [0.2, 0.25) is 0 Å². The van der Waals surface area contributed by atoms with Crippen molar-refractivity contribution in [3.05, 3.63) is 53.6 Å². The molecule has 0 radical (unpaired) electrons. The second-order valence-electron chi connectivity index (χ2n) is 5.18. The van der Waals surface area contributed by atoms with Crippen molar-refractivity contribution in [3.8, 4) is 23.0 Å². The summed E-state index contributed by atoms with van der Waals surface area (Å²) >= 11 is 0. The molecule has 0 amide bonds. The molecule has 2 N–H and O–H groups in total. The number of phenolic OH excluding ortho intramolecular Hbond substituents is 1. The predicted octanol–water partition coefficient (Wildman–Crippen LogP) is 2.77. The molecule has 2 rings (SSSR count). The summed E-state index contributed by atoms with van der Waals surface area (Å²) in [6.07, 6.45) is 2.96. The Balaban J connectivity index is 2.17. The lowest BCUT2D eigenvalue weighted by molar-refractivity contribution is -0.139. The number of carboxylic acids is 1. The van der Waals surface area contributed by atoms with Gasteiger partial charge in [-0.2, -0.15) is 0 Å². The number of carbonyl (C=O) groups excluding carboxylic acids is 1. The fourth-order valence-electron chi connectivity index (χ4n) is 2.15. The monoisotopic (exact) mass is 358 g/mol. The summed E-state index contributed by atoms with van der Waals surface area (Å²) < 4.78 is 15.3. The summed E-state index contributed by atoms with van der Waals surface area (Å²) in [6, 6.07) is 9.19. The highest BCUT2D eigenvalue weighted by Gasteiger charge is 2.11. The zero-order valence-corrected chi connectivity index (χ0v) is 14.3. The van der Waals surface area contributed by atoms with Crippen LogP contribution in [0.15, 0.2) is 42.5 Å². The van der Waals surface area contributed by atoms with Gasteiger partial charge in [0.2, 0.25) is 0 Å². The van der Waals surface area contributed by atoms with Gasteiger partial charge in [0, 0.05) is 5.56 Å². The van der Waals surface area contributed by atoms with Gasteiger partial charge in [0.25, 0.3) is 0 Å². The largest absolute Gasteiger partial charge is 0.504 e. The van der Waals surface area contributed by atoms with Crippen molar-refractivity contribution in [2.75, 3.05) is 20.8 Å². The van der Waals surface area contributed by atoms with Crippen LogP contribution < -0.4 is 14.2 Å². The maximum absolute atomic E-state index is 12.3. The smallest absolute Gasteiger partial charge is 0.341 e. The van der Waals surface area contributed by atoms with E-state index in [1.54, 1.807) is 18.2 Å². The predicted molar refractivity (Wildman–Crippen MR) is 94.1 cm³/mol. The standard InChI is InChI=1S/C19H18O7/c1-24-17-9-12(4-7-15(17)21)3-6-14(20)13-5-8-16(18(10-13)25-2)26-11-19(22)23/h3-10,21H,11H2,1-2H3,(H,22,23)/b6-3+. The molecule has 0 heterocycles. The van der Waals surface area contributed by atoms with Crippen molar-refractivity contribution in [1.82, 2.24) is 0 Å². The average molecular weight is 358 g/mol. The second kappa shape index (κ2) is 8.57. The number of hydrogen-bond acceptors (Lipinski definition) is 6. The fourth-order valence-corrected chi connectivity index (χ4v) is 2.15. The molecule has 26 heavy (non-hydrogen) atoms. The molecule has 2 aromatic carbocycles. The van der Waals surface area contributed by atoms with Gasteiger partial charge in [0.15, 0.2) is 35.4 Å².